The lowest BCUT2D eigenvalue weighted by Crippen LogP contribution is -2.37. The van der Waals surface area contributed by atoms with E-state index in [9.17, 15) is 9.50 Å². The summed E-state index contributed by atoms with van der Waals surface area (Å²) in [5.41, 5.74) is 5.80. The number of rotatable bonds is 2. The van der Waals surface area contributed by atoms with E-state index in [-0.39, 0.29) is 5.75 Å². The summed E-state index contributed by atoms with van der Waals surface area (Å²) in [6.07, 6.45) is -1.51. The van der Waals surface area contributed by atoms with Gasteiger partial charge in [-0.1, -0.05) is 0 Å². The average molecular weight is 291 g/mol. The molecule has 21 heavy (non-hydrogen) atoms. The zero-order chi connectivity index (χ0) is 15.0. The van der Waals surface area contributed by atoms with E-state index >= 15 is 0 Å². The van der Waals surface area contributed by atoms with E-state index in [0.717, 1.165) is 0 Å². The molecule has 1 aliphatic heterocycles. The molecular weight excluding hydrogens is 277 g/mol. The fourth-order valence-electron chi connectivity index (χ4n) is 1.95. The zero-order valence-corrected chi connectivity index (χ0v) is 11.2. The maximum Gasteiger partial charge on any atom is 0.234 e. The second-order valence-corrected chi connectivity index (χ2v) is 4.73. The highest BCUT2D eigenvalue weighted by molar-refractivity contribution is 5.49. The van der Waals surface area contributed by atoms with E-state index in [2.05, 4.69) is 0 Å². The highest BCUT2D eigenvalue weighted by atomic mass is 19.1. The number of anilines is 1. The van der Waals surface area contributed by atoms with Gasteiger partial charge in [-0.05, 0) is 31.2 Å². The monoisotopic (exact) mass is 291 g/mol. The number of nitrogens with two attached hydrogens (primary N) is 1. The summed E-state index contributed by atoms with van der Waals surface area (Å²) >= 11 is 0. The largest absolute Gasteiger partial charge is 0.480 e. The van der Waals surface area contributed by atoms with Crippen molar-refractivity contribution in [2.75, 3.05) is 5.73 Å². The molecule has 1 heterocycles. The van der Waals surface area contributed by atoms with Gasteiger partial charge in [0.25, 0.3) is 0 Å². The lowest BCUT2D eigenvalue weighted by molar-refractivity contribution is -0.106. The number of halogens is 1. The summed E-state index contributed by atoms with van der Waals surface area (Å²) in [6.45, 7) is 1.70. The van der Waals surface area contributed by atoms with Gasteiger partial charge in [-0.3, -0.25) is 0 Å². The minimum absolute atomic E-state index is 0.0507. The zero-order valence-electron chi connectivity index (χ0n) is 11.2. The molecule has 2 aromatic carbocycles. The Hall–Kier alpha value is -2.47. The fourth-order valence-corrected chi connectivity index (χ4v) is 1.95. The molecule has 0 amide bonds. The minimum atomic E-state index is -1.05. The Balaban J connectivity index is 1.86. The van der Waals surface area contributed by atoms with Crippen LogP contribution in [0.15, 0.2) is 36.4 Å². The van der Waals surface area contributed by atoms with Crippen molar-refractivity contribution in [1.82, 2.24) is 0 Å². The van der Waals surface area contributed by atoms with Crippen LogP contribution in [-0.4, -0.2) is 17.5 Å². The second-order valence-electron chi connectivity index (χ2n) is 4.73. The van der Waals surface area contributed by atoms with Gasteiger partial charge in [0.2, 0.25) is 6.29 Å². The lowest BCUT2D eigenvalue weighted by atomic mass is 10.2. The molecule has 2 atom stereocenters. The van der Waals surface area contributed by atoms with Crippen molar-refractivity contribution < 1.29 is 23.7 Å². The number of nitrogen functional groups attached to an aromatic ring is 1. The first kappa shape index (κ1) is 13.5. The molecule has 0 fully saturated rings. The molecule has 2 aromatic rings. The van der Waals surface area contributed by atoms with Gasteiger partial charge in [-0.25, -0.2) is 4.39 Å². The molecule has 0 spiro atoms. The van der Waals surface area contributed by atoms with Crippen molar-refractivity contribution in [3.63, 3.8) is 0 Å². The first-order valence-corrected chi connectivity index (χ1v) is 6.41. The Morgan fingerprint density at radius 2 is 1.95 bits per heavy atom. The van der Waals surface area contributed by atoms with E-state index in [1.165, 1.54) is 18.2 Å². The van der Waals surface area contributed by atoms with Crippen LogP contribution >= 0.6 is 0 Å². The third-order valence-electron chi connectivity index (χ3n) is 3.06. The van der Waals surface area contributed by atoms with Gasteiger partial charge in [0.15, 0.2) is 29.2 Å². The quantitative estimate of drug-likeness (QED) is 0.832. The standard InChI is InChI=1S/C15H14FNO4/c1-8-15(18)21-14-7-10(3-5-13(14)19-8)20-12-4-2-9(17)6-11(12)16/h2-8,15,18H,17H2,1H3. The number of ether oxygens (including phenoxy) is 3. The maximum absolute atomic E-state index is 13.7. The van der Waals surface area contributed by atoms with Gasteiger partial charge < -0.3 is 25.1 Å². The van der Waals surface area contributed by atoms with Crippen LogP contribution < -0.4 is 19.9 Å². The van der Waals surface area contributed by atoms with Crippen molar-refractivity contribution in [2.45, 2.75) is 19.3 Å². The number of hydrogen-bond donors (Lipinski definition) is 2. The van der Waals surface area contributed by atoms with Crippen molar-refractivity contribution >= 4 is 5.69 Å². The number of benzene rings is 2. The topological polar surface area (TPSA) is 73.9 Å². The molecule has 1 aliphatic rings. The smallest absolute Gasteiger partial charge is 0.234 e. The van der Waals surface area contributed by atoms with Crippen LogP contribution in [-0.2, 0) is 0 Å². The summed E-state index contributed by atoms with van der Waals surface area (Å²) in [6, 6.07) is 8.96. The Morgan fingerprint density at radius 1 is 1.14 bits per heavy atom. The fraction of sp³-hybridized carbons (Fsp3) is 0.200. The summed E-state index contributed by atoms with van der Waals surface area (Å²) in [7, 11) is 0. The van der Waals surface area contributed by atoms with Crippen LogP contribution in [0.1, 0.15) is 6.92 Å². The van der Waals surface area contributed by atoms with Gasteiger partial charge in [0.05, 0.1) is 0 Å². The van der Waals surface area contributed by atoms with Gasteiger partial charge >= 0.3 is 0 Å². The Kier molecular flexibility index (Phi) is 3.31. The maximum atomic E-state index is 13.7. The number of aliphatic hydroxyl groups excluding tert-OH is 1. The SMILES string of the molecule is CC1Oc2ccc(Oc3ccc(N)cc3F)cc2OC1O. The molecule has 6 heteroatoms. The van der Waals surface area contributed by atoms with Crippen LogP contribution in [0.4, 0.5) is 10.1 Å². The normalized spacial score (nSPS) is 20.1. The van der Waals surface area contributed by atoms with E-state index < -0.39 is 18.2 Å². The predicted molar refractivity (Wildman–Crippen MR) is 74.1 cm³/mol. The Bertz CT molecular complexity index is 677. The summed E-state index contributed by atoms with van der Waals surface area (Å²) in [4.78, 5) is 0. The van der Waals surface area contributed by atoms with Crippen LogP contribution in [0.3, 0.4) is 0 Å². The Morgan fingerprint density at radius 3 is 2.71 bits per heavy atom. The van der Waals surface area contributed by atoms with Gasteiger partial charge in [0.1, 0.15) is 5.75 Å². The van der Waals surface area contributed by atoms with E-state index in [4.69, 9.17) is 19.9 Å². The molecule has 3 N–H and O–H groups in total. The van der Waals surface area contributed by atoms with Crippen LogP contribution in [0, 0.1) is 5.82 Å². The third-order valence-corrected chi connectivity index (χ3v) is 3.06. The molecule has 5 nitrogen and oxygen atoms in total. The predicted octanol–water partition coefficient (Wildman–Crippen LogP) is 2.68. The average Bonchev–Trinajstić information content (AvgIpc) is 2.43. The highest BCUT2D eigenvalue weighted by Gasteiger charge is 2.26. The number of fused-ring (bicyclic) bond motifs is 1. The van der Waals surface area contributed by atoms with E-state index in [1.54, 1.807) is 25.1 Å². The van der Waals surface area contributed by atoms with E-state index in [0.29, 0.717) is 22.9 Å². The van der Waals surface area contributed by atoms with E-state index in [1.807, 2.05) is 0 Å². The number of hydrogen-bond acceptors (Lipinski definition) is 5. The lowest BCUT2D eigenvalue weighted by Gasteiger charge is -2.28. The first-order chi connectivity index (χ1) is 10.0. The van der Waals surface area contributed by atoms with Gasteiger partial charge in [-0.2, -0.15) is 0 Å². The summed E-state index contributed by atoms with van der Waals surface area (Å²) in [5, 5.41) is 9.62. The molecule has 0 bridgehead atoms. The second kappa shape index (κ2) is 5.14. The van der Waals surface area contributed by atoms with Crippen LogP contribution in [0.2, 0.25) is 0 Å². The molecule has 0 aromatic heterocycles. The number of aliphatic hydroxyl groups is 1. The molecule has 0 aliphatic carbocycles. The molecule has 2 unspecified atom stereocenters. The summed E-state index contributed by atoms with van der Waals surface area (Å²) in [5.74, 6) is 0.697. The summed E-state index contributed by atoms with van der Waals surface area (Å²) < 4.78 is 29.9. The molecule has 0 saturated carbocycles. The minimum Gasteiger partial charge on any atom is -0.480 e. The van der Waals surface area contributed by atoms with Crippen molar-refractivity contribution in [3.8, 4) is 23.0 Å². The molecule has 0 saturated heterocycles. The van der Waals surface area contributed by atoms with Gasteiger partial charge in [-0.15, -0.1) is 0 Å². The molecular formula is C15H14FNO4. The Labute approximate surface area is 120 Å². The van der Waals surface area contributed by atoms with Crippen LogP contribution in [0.5, 0.6) is 23.0 Å². The molecule has 3 rings (SSSR count). The van der Waals surface area contributed by atoms with Crippen molar-refractivity contribution in [3.05, 3.63) is 42.2 Å². The highest BCUT2D eigenvalue weighted by Crippen LogP contribution is 2.38. The van der Waals surface area contributed by atoms with Crippen molar-refractivity contribution in [2.24, 2.45) is 0 Å². The third kappa shape index (κ3) is 2.71. The van der Waals surface area contributed by atoms with Crippen molar-refractivity contribution in [1.29, 1.82) is 0 Å². The van der Waals surface area contributed by atoms with Gasteiger partial charge in [0, 0.05) is 17.8 Å². The molecule has 110 valence electrons. The first-order valence-electron chi connectivity index (χ1n) is 6.41. The molecule has 0 radical (unpaired) electrons. The van der Waals surface area contributed by atoms with Crippen LogP contribution in [0.25, 0.3) is 0 Å².